The van der Waals surface area contributed by atoms with Crippen molar-refractivity contribution in [1.82, 2.24) is 0 Å². The molecule has 0 radical (unpaired) electrons. The smallest absolute Gasteiger partial charge is 0.129 e. The van der Waals surface area contributed by atoms with E-state index in [4.69, 9.17) is 0 Å². The monoisotopic (exact) mass is 332 g/mol. The number of thiophene rings is 1. The van der Waals surface area contributed by atoms with E-state index in [0.29, 0.717) is 5.56 Å². The molecule has 0 aliphatic carbocycles. The Morgan fingerprint density at radius 1 is 1.33 bits per heavy atom. The molecule has 96 valence electrons. The molecule has 1 nitrogen and oxygen atoms in total. The van der Waals surface area contributed by atoms with Crippen molar-refractivity contribution in [1.29, 1.82) is 0 Å². The van der Waals surface area contributed by atoms with Gasteiger partial charge in [-0.05, 0) is 46.6 Å². The molecule has 0 saturated heterocycles. The molecule has 1 aromatic carbocycles. The van der Waals surface area contributed by atoms with Crippen molar-refractivity contribution < 1.29 is 13.9 Å². The van der Waals surface area contributed by atoms with Crippen LogP contribution in [0.2, 0.25) is 0 Å². The Bertz CT molecular complexity index is 548. The van der Waals surface area contributed by atoms with E-state index in [0.717, 1.165) is 8.66 Å². The van der Waals surface area contributed by atoms with Crippen molar-refractivity contribution in [3.63, 3.8) is 0 Å². The number of aliphatic hydroxyl groups is 1. The van der Waals surface area contributed by atoms with Gasteiger partial charge in [0.25, 0.3) is 0 Å². The number of aliphatic hydroxyl groups excluding tert-OH is 1. The standard InChI is InChI=1S/C13H11BrF2OS/c1-7-8(6-13(14)18-7)12(17)5-9-10(15)3-2-4-11(9)16/h2-4,6,12,17H,5H2,1H3. The zero-order valence-electron chi connectivity index (χ0n) is 9.58. The topological polar surface area (TPSA) is 20.2 Å². The van der Waals surface area contributed by atoms with Gasteiger partial charge in [0, 0.05) is 16.9 Å². The van der Waals surface area contributed by atoms with Crippen molar-refractivity contribution in [2.75, 3.05) is 0 Å². The van der Waals surface area contributed by atoms with Crippen molar-refractivity contribution in [2.24, 2.45) is 0 Å². The maximum atomic E-state index is 13.5. The third kappa shape index (κ3) is 2.79. The fraction of sp³-hybridized carbons (Fsp3) is 0.231. The first-order chi connectivity index (χ1) is 8.49. The molecule has 1 unspecified atom stereocenters. The van der Waals surface area contributed by atoms with Gasteiger partial charge in [0.05, 0.1) is 9.89 Å². The molecule has 2 aromatic rings. The summed E-state index contributed by atoms with van der Waals surface area (Å²) in [4.78, 5) is 0.936. The molecule has 0 spiro atoms. The van der Waals surface area contributed by atoms with E-state index in [2.05, 4.69) is 15.9 Å². The fourth-order valence-electron chi connectivity index (χ4n) is 1.82. The molecule has 0 bridgehead atoms. The molecule has 1 N–H and O–H groups in total. The second-order valence-electron chi connectivity index (χ2n) is 3.98. The SMILES string of the molecule is Cc1sc(Br)cc1C(O)Cc1c(F)cccc1F. The summed E-state index contributed by atoms with van der Waals surface area (Å²) in [5, 5.41) is 10.1. The molecule has 5 heteroatoms. The minimum atomic E-state index is -0.904. The number of hydrogen-bond donors (Lipinski definition) is 1. The first-order valence-corrected chi connectivity index (χ1v) is 6.96. The van der Waals surface area contributed by atoms with Crippen LogP contribution in [0.15, 0.2) is 28.1 Å². The van der Waals surface area contributed by atoms with E-state index in [1.165, 1.54) is 29.5 Å². The molecular formula is C13H11BrF2OS. The predicted molar refractivity (Wildman–Crippen MR) is 71.8 cm³/mol. The Labute approximate surface area is 116 Å². The lowest BCUT2D eigenvalue weighted by atomic mass is 10.0. The van der Waals surface area contributed by atoms with Crippen LogP contribution in [0, 0.1) is 18.6 Å². The van der Waals surface area contributed by atoms with Crippen molar-refractivity contribution >= 4 is 27.3 Å². The summed E-state index contributed by atoms with van der Waals surface area (Å²) in [6.07, 6.45) is -0.971. The number of rotatable bonds is 3. The van der Waals surface area contributed by atoms with E-state index in [-0.39, 0.29) is 12.0 Å². The number of benzene rings is 1. The molecule has 0 aliphatic heterocycles. The Hall–Kier alpha value is -0.780. The van der Waals surface area contributed by atoms with Crippen LogP contribution >= 0.6 is 27.3 Å². The molecule has 0 aliphatic rings. The summed E-state index contributed by atoms with van der Waals surface area (Å²) in [6.45, 7) is 1.87. The lowest BCUT2D eigenvalue weighted by molar-refractivity contribution is 0.175. The summed E-state index contributed by atoms with van der Waals surface area (Å²) in [7, 11) is 0. The lowest BCUT2D eigenvalue weighted by Gasteiger charge is -2.11. The third-order valence-corrected chi connectivity index (χ3v) is 4.31. The highest BCUT2D eigenvalue weighted by Crippen LogP contribution is 2.32. The van der Waals surface area contributed by atoms with Gasteiger partial charge in [-0.1, -0.05) is 6.07 Å². The largest absolute Gasteiger partial charge is 0.388 e. The van der Waals surface area contributed by atoms with Crippen molar-refractivity contribution in [2.45, 2.75) is 19.4 Å². The van der Waals surface area contributed by atoms with E-state index in [9.17, 15) is 13.9 Å². The molecule has 0 fully saturated rings. The molecule has 0 saturated carbocycles. The van der Waals surface area contributed by atoms with Gasteiger partial charge in [-0.15, -0.1) is 11.3 Å². The molecule has 1 aromatic heterocycles. The number of hydrogen-bond acceptors (Lipinski definition) is 2. The van der Waals surface area contributed by atoms with E-state index in [1.54, 1.807) is 6.07 Å². The molecule has 0 amide bonds. The highest BCUT2D eigenvalue weighted by molar-refractivity contribution is 9.11. The van der Waals surface area contributed by atoms with Crippen LogP contribution in [-0.2, 0) is 6.42 Å². The van der Waals surface area contributed by atoms with Gasteiger partial charge in [-0.25, -0.2) is 8.78 Å². The van der Waals surface area contributed by atoms with Crippen LogP contribution in [0.3, 0.4) is 0 Å². The quantitative estimate of drug-likeness (QED) is 0.884. The molecular weight excluding hydrogens is 322 g/mol. The maximum absolute atomic E-state index is 13.5. The number of aryl methyl sites for hydroxylation is 1. The van der Waals surface area contributed by atoms with Gasteiger partial charge in [-0.2, -0.15) is 0 Å². The third-order valence-electron chi connectivity index (χ3n) is 2.74. The summed E-state index contributed by atoms with van der Waals surface area (Å²) >= 11 is 4.81. The van der Waals surface area contributed by atoms with Crippen LogP contribution in [0.25, 0.3) is 0 Å². The maximum Gasteiger partial charge on any atom is 0.129 e. The molecule has 18 heavy (non-hydrogen) atoms. The summed E-state index contributed by atoms with van der Waals surface area (Å²) in [6, 6.07) is 5.49. The zero-order chi connectivity index (χ0) is 13.3. The van der Waals surface area contributed by atoms with Gasteiger partial charge in [0.15, 0.2) is 0 Å². The Morgan fingerprint density at radius 2 is 1.94 bits per heavy atom. The molecule has 1 heterocycles. The Balaban J connectivity index is 2.26. The van der Waals surface area contributed by atoms with Crippen LogP contribution in [0.4, 0.5) is 8.78 Å². The first-order valence-electron chi connectivity index (χ1n) is 5.36. The predicted octanol–water partition coefficient (Wildman–Crippen LogP) is 4.37. The first kappa shape index (κ1) is 13.6. The van der Waals surface area contributed by atoms with Crippen LogP contribution in [0.5, 0.6) is 0 Å². The van der Waals surface area contributed by atoms with Gasteiger partial charge < -0.3 is 5.11 Å². The molecule has 2 rings (SSSR count). The average Bonchev–Trinajstić information content (AvgIpc) is 2.63. The van der Waals surface area contributed by atoms with Crippen LogP contribution in [-0.4, -0.2) is 5.11 Å². The van der Waals surface area contributed by atoms with Gasteiger partial charge in [-0.3, -0.25) is 0 Å². The lowest BCUT2D eigenvalue weighted by Crippen LogP contribution is -2.05. The van der Waals surface area contributed by atoms with Gasteiger partial charge in [0.1, 0.15) is 11.6 Å². The highest BCUT2D eigenvalue weighted by Gasteiger charge is 2.18. The average molecular weight is 333 g/mol. The number of halogens is 3. The van der Waals surface area contributed by atoms with E-state index in [1.807, 2.05) is 6.92 Å². The Morgan fingerprint density at radius 3 is 2.44 bits per heavy atom. The van der Waals surface area contributed by atoms with Crippen LogP contribution < -0.4 is 0 Å². The fourth-order valence-corrected chi connectivity index (χ4v) is 3.59. The summed E-state index contributed by atoms with van der Waals surface area (Å²) in [5.74, 6) is -1.25. The van der Waals surface area contributed by atoms with E-state index < -0.39 is 17.7 Å². The normalized spacial score (nSPS) is 12.7. The second kappa shape index (κ2) is 5.47. The van der Waals surface area contributed by atoms with E-state index >= 15 is 0 Å². The molecule has 1 atom stereocenters. The summed E-state index contributed by atoms with van der Waals surface area (Å²) in [5.41, 5.74) is 0.626. The van der Waals surface area contributed by atoms with Crippen molar-refractivity contribution in [3.05, 3.63) is 55.7 Å². The van der Waals surface area contributed by atoms with Crippen molar-refractivity contribution in [3.8, 4) is 0 Å². The second-order valence-corrected chi connectivity index (χ2v) is 6.62. The minimum absolute atomic E-state index is 0.0669. The highest BCUT2D eigenvalue weighted by atomic mass is 79.9. The minimum Gasteiger partial charge on any atom is -0.388 e. The van der Waals surface area contributed by atoms with Gasteiger partial charge in [0.2, 0.25) is 0 Å². The Kier molecular flexibility index (Phi) is 4.14. The van der Waals surface area contributed by atoms with Gasteiger partial charge >= 0.3 is 0 Å². The summed E-state index contributed by atoms with van der Waals surface area (Å²) < 4.78 is 27.8. The zero-order valence-corrected chi connectivity index (χ0v) is 12.0. The van der Waals surface area contributed by atoms with Crippen LogP contribution in [0.1, 0.15) is 22.1 Å².